The van der Waals surface area contributed by atoms with Gasteiger partial charge in [0, 0.05) is 6.42 Å². The Morgan fingerprint density at radius 3 is 1.21 bits per heavy atom. The fourth-order valence-electron chi connectivity index (χ4n) is 14.7. The first-order valence-corrected chi connectivity index (χ1v) is 14.7. The summed E-state index contributed by atoms with van der Waals surface area (Å²) in [7, 11) is 0. The highest BCUT2D eigenvalue weighted by Gasteiger charge is 2.64. The summed E-state index contributed by atoms with van der Waals surface area (Å²) < 4.78 is 5.88. The molecule has 0 N–H and O–H groups in total. The van der Waals surface area contributed by atoms with Crippen LogP contribution in [-0.4, -0.2) is 12.6 Å². The molecule has 0 heterocycles. The second-order valence-electron chi connectivity index (χ2n) is 17.8. The average Bonchev–Trinajstić information content (AvgIpc) is 2.55. The molecule has 0 aromatic heterocycles. The van der Waals surface area contributed by atoms with Crippen molar-refractivity contribution >= 4 is 5.97 Å². The Hall–Kier alpha value is -0.530. The summed E-state index contributed by atoms with van der Waals surface area (Å²) in [5, 5.41) is 0. The maximum atomic E-state index is 12.8. The standard InChI is InChI=1S/C32H52O2/c1-25-12-26(2)14-27(3,13-25)20-31(18-25,19-26)9-7-11-34-24(33)8-10-32-21-28(4)15-29(5,22-32)17-30(6,16-28)23-32/h7-23H2,1-6H3. The van der Waals surface area contributed by atoms with Gasteiger partial charge in [0.05, 0.1) is 6.61 Å². The molecule has 0 unspecified atom stereocenters. The first kappa shape index (κ1) is 23.8. The third-order valence-electron chi connectivity index (χ3n) is 11.9. The Morgan fingerprint density at radius 1 is 0.529 bits per heavy atom. The third-order valence-corrected chi connectivity index (χ3v) is 11.9. The van der Waals surface area contributed by atoms with Crippen molar-refractivity contribution < 1.29 is 9.53 Å². The van der Waals surface area contributed by atoms with E-state index in [1.807, 2.05) is 0 Å². The number of carbonyl (C=O) groups excluding carboxylic acids is 1. The van der Waals surface area contributed by atoms with Gasteiger partial charge in [-0.2, -0.15) is 0 Å². The zero-order valence-electron chi connectivity index (χ0n) is 23.3. The number of rotatable bonds is 7. The lowest BCUT2D eigenvalue weighted by Gasteiger charge is -2.69. The Labute approximate surface area is 209 Å². The number of esters is 1. The van der Waals surface area contributed by atoms with E-state index in [-0.39, 0.29) is 5.97 Å². The lowest BCUT2D eigenvalue weighted by atomic mass is 9.36. The van der Waals surface area contributed by atoms with Gasteiger partial charge >= 0.3 is 5.97 Å². The number of carbonyl (C=O) groups is 1. The molecule has 8 rings (SSSR count). The van der Waals surface area contributed by atoms with Gasteiger partial charge in [0.15, 0.2) is 0 Å². The van der Waals surface area contributed by atoms with Gasteiger partial charge in [0.1, 0.15) is 0 Å². The fourth-order valence-corrected chi connectivity index (χ4v) is 14.7. The van der Waals surface area contributed by atoms with Crippen molar-refractivity contribution in [3.8, 4) is 0 Å². The van der Waals surface area contributed by atoms with Crippen molar-refractivity contribution in [3.05, 3.63) is 0 Å². The van der Waals surface area contributed by atoms with Crippen LogP contribution in [0.1, 0.15) is 144 Å². The normalized spacial score (nSPS) is 56.8. The molecule has 2 nitrogen and oxygen atoms in total. The molecular formula is C32H52O2. The number of ether oxygens (including phenoxy) is 1. The Morgan fingerprint density at radius 2 is 0.853 bits per heavy atom. The molecular weight excluding hydrogens is 416 g/mol. The Kier molecular flexibility index (Phi) is 4.81. The SMILES string of the molecule is CC12CC3(C)CC(C)(C1)CC(CCCOC(=O)CCC14CC5(C)CC(C)(CC(C)(C5)C1)C4)(C2)C3. The van der Waals surface area contributed by atoms with Gasteiger partial charge < -0.3 is 4.74 Å². The maximum Gasteiger partial charge on any atom is 0.305 e. The van der Waals surface area contributed by atoms with Crippen LogP contribution in [0, 0.1) is 43.3 Å². The van der Waals surface area contributed by atoms with Crippen LogP contribution in [0.25, 0.3) is 0 Å². The van der Waals surface area contributed by atoms with E-state index < -0.39 is 0 Å². The van der Waals surface area contributed by atoms with Gasteiger partial charge in [0.25, 0.3) is 0 Å². The van der Waals surface area contributed by atoms with Crippen LogP contribution < -0.4 is 0 Å². The molecule has 0 saturated heterocycles. The highest BCUT2D eigenvalue weighted by molar-refractivity contribution is 5.69. The van der Waals surface area contributed by atoms with Crippen LogP contribution in [0.2, 0.25) is 0 Å². The summed E-state index contributed by atoms with van der Waals surface area (Å²) in [6.07, 6.45) is 20.8. The van der Waals surface area contributed by atoms with Crippen molar-refractivity contribution in [1.82, 2.24) is 0 Å². The monoisotopic (exact) mass is 468 g/mol. The molecule has 0 atom stereocenters. The smallest absolute Gasteiger partial charge is 0.305 e. The first-order chi connectivity index (χ1) is 15.6. The lowest BCUT2D eigenvalue weighted by Crippen LogP contribution is -2.58. The zero-order valence-corrected chi connectivity index (χ0v) is 23.3. The van der Waals surface area contributed by atoms with Crippen LogP contribution in [0.15, 0.2) is 0 Å². The maximum absolute atomic E-state index is 12.8. The third kappa shape index (κ3) is 4.00. The van der Waals surface area contributed by atoms with Crippen LogP contribution >= 0.6 is 0 Å². The van der Waals surface area contributed by atoms with Crippen molar-refractivity contribution in [2.24, 2.45) is 43.3 Å². The molecule has 0 spiro atoms. The summed E-state index contributed by atoms with van der Waals surface area (Å²) in [5.74, 6) is 0.0765. The lowest BCUT2D eigenvalue weighted by molar-refractivity contribution is -0.189. The second kappa shape index (κ2) is 6.86. The van der Waals surface area contributed by atoms with E-state index in [2.05, 4.69) is 41.5 Å². The van der Waals surface area contributed by atoms with Gasteiger partial charge in [-0.05, 0) is 140 Å². The highest BCUT2D eigenvalue weighted by Crippen LogP contribution is 2.75. The molecule has 34 heavy (non-hydrogen) atoms. The zero-order chi connectivity index (χ0) is 24.3. The topological polar surface area (TPSA) is 26.3 Å². The van der Waals surface area contributed by atoms with E-state index in [1.165, 1.54) is 83.5 Å². The van der Waals surface area contributed by atoms with Crippen LogP contribution in [0.5, 0.6) is 0 Å². The summed E-state index contributed by atoms with van der Waals surface area (Å²) in [5.41, 5.74) is 4.08. The molecule has 0 amide bonds. The van der Waals surface area contributed by atoms with E-state index in [9.17, 15) is 4.79 Å². The van der Waals surface area contributed by atoms with E-state index in [1.54, 1.807) is 0 Å². The van der Waals surface area contributed by atoms with E-state index >= 15 is 0 Å². The molecule has 0 aromatic rings. The summed E-state index contributed by atoms with van der Waals surface area (Å²) in [4.78, 5) is 12.8. The van der Waals surface area contributed by atoms with Gasteiger partial charge in [-0.1, -0.05) is 41.5 Å². The molecule has 8 aliphatic rings. The largest absolute Gasteiger partial charge is 0.466 e. The van der Waals surface area contributed by atoms with Crippen molar-refractivity contribution in [1.29, 1.82) is 0 Å². The second-order valence-corrected chi connectivity index (χ2v) is 17.8. The minimum atomic E-state index is 0.0765. The predicted octanol–water partition coefficient (Wildman–Crippen LogP) is 8.86. The van der Waals surface area contributed by atoms with E-state index in [4.69, 9.17) is 4.74 Å². The van der Waals surface area contributed by atoms with Crippen molar-refractivity contribution in [3.63, 3.8) is 0 Å². The van der Waals surface area contributed by atoms with E-state index in [0.717, 1.165) is 12.8 Å². The summed E-state index contributed by atoms with van der Waals surface area (Å²) in [6.45, 7) is 16.0. The van der Waals surface area contributed by atoms with Gasteiger partial charge in [-0.15, -0.1) is 0 Å². The van der Waals surface area contributed by atoms with Crippen molar-refractivity contribution in [2.45, 2.75) is 144 Å². The molecule has 0 radical (unpaired) electrons. The Bertz CT molecular complexity index is 776. The molecule has 8 aliphatic carbocycles. The average molecular weight is 469 g/mol. The van der Waals surface area contributed by atoms with Crippen molar-refractivity contribution in [2.75, 3.05) is 6.61 Å². The number of hydrogen-bond donors (Lipinski definition) is 0. The van der Waals surface area contributed by atoms with Crippen LogP contribution in [0.3, 0.4) is 0 Å². The molecule has 0 aliphatic heterocycles. The minimum Gasteiger partial charge on any atom is -0.466 e. The van der Waals surface area contributed by atoms with E-state index in [0.29, 0.717) is 56.3 Å². The minimum absolute atomic E-state index is 0.0765. The fraction of sp³-hybridized carbons (Fsp3) is 0.969. The Balaban J connectivity index is 1.01. The van der Waals surface area contributed by atoms with Gasteiger partial charge in [-0.25, -0.2) is 0 Å². The molecule has 8 fully saturated rings. The molecule has 192 valence electrons. The molecule has 0 aromatic carbocycles. The number of hydrogen-bond acceptors (Lipinski definition) is 2. The van der Waals surface area contributed by atoms with Gasteiger partial charge in [0.2, 0.25) is 0 Å². The van der Waals surface area contributed by atoms with Gasteiger partial charge in [-0.3, -0.25) is 4.79 Å². The quantitative estimate of drug-likeness (QED) is 0.275. The molecule has 2 heteroatoms. The highest BCUT2D eigenvalue weighted by atomic mass is 16.5. The van der Waals surface area contributed by atoms with Crippen LogP contribution in [0.4, 0.5) is 0 Å². The molecule has 8 saturated carbocycles. The summed E-state index contributed by atoms with van der Waals surface area (Å²) in [6, 6.07) is 0. The predicted molar refractivity (Wildman–Crippen MR) is 138 cm³/mol. The first-order valence-electron chi connectivity index (χ1n) is 14.7. The molecule has 8 bridgehead atoms. The summed E-state index contributed by atoms with van der Waals surface area (Å²) >= 11 is 0. The van der Waals surface area contributed by atoms with Crippen LogP contribution in [-0.2, 0) is 9.53 Å².